The summed E-state index contributed by atoms with van der Waals surface area (Å²) < 4.78 is 22.2. The van der Waals surface area contributed by atoms with Gasteiger partial charge >= 0.3 is 0 Å². The predicted octanol–water partition coefficient (Wildman–Crippen LogP) is 5.50. The van der Waals surface area contributed by atoms with Gasteiger partial charge in [0.2, 0.25) is 0 Å². The third-order valence-electron chi connectivity index (χ3n) is 4.62. The molecule has 0 unspecified atom stereocenters. The van der Waals surface area contributed by atoms with Crippen LogP contribution in [0.3, 0.4) is 0 Å². The molecule has 1 heterocycles. The Balaban J connectivity index is 1.49. The smallest absolute Gasteiger partial charge is 0.191 e. The first-order valence-corrected chi connectivity index (χ1v) is 10.8. The first-order valence-electron chi connectivity index (χ1n) is 9.84. The van der Waals surface area contributed by atoms with E-state index in [1.807, 2.05) is 59.2 Å². The zero-order valence-electron chi connectivity index (χ0n) is 16.4. The Morgan fingerprint density at radius 1 is 0.833 bits per heavy atom. The molecular formula is C24H22FN3OS. The summed E-state index contributed by atoms with van der Waals surface area (Å²) in [5, 5.41) is 9.42. The minimum Gasteiger partial charge on any atom is -0.493 e. The molecule has 0 spiro atoms. The third-order valence-corrected chi connectivity index (χ3v) is 5.56. The van der Waals surface area contributed by atoms with Gasteiger partial charge in [0.25, 0.3) is 0 Å². The van der Waals surface area contributed by atoms with Crippen LogP contribution in [0, 0.1) is 5.82 Å². The van der Waals surface area contributed by atoms with Gasteiger partial charge in [0.15, 0.2) is 11.0 Å². The van der Waals surface area contributed by atoms with Crippen LogP contribution in [0.1, 0.15) is 5.56 Å². The summed E-state index contributed by atoms with van der Waals surface area (Å²) in [5.41, 5.74) is 1.68. The molecular weight excluding hydrogens is 397 g/mol. The molecule has 0 atom stereocenters. The first-order chi connectivity index (χ1) is 14.8. The molecule has 152 valence electrons. The van der Waals surface area contributed by atoms with Crippen LogP contribution in [-0.2, 0) is 13.0 Å². The summed E-state index contributed by atoms with van der Waals surface area (Å²) >= 11 is 1.56. The molecule has 0 aliphatic carbocycles. The number of hydrogen-bond donors (Lipinski definition) is 0. The van der Waals surface area contributed by atoms with Crippen molar-refractivity contribution in [3.05, 3.63) is 96.3 Å². The highest BCUT2D eigenvalue weighted by molar-refractivity contribution is 7.99. The Bertz CT molecular complexity index is 1070. The average molecular weight is 420 g/mol. The van der Waals surface area contributed by atoms with Crippen LogP contribution in [0.15, 0.2) is 90.1 Å². The highest BCUT2D eigenvalue weighted by Gasteiger charge is 2.17. The van der Waals surface area contributed by atoms with Crippen molar-refractivity contribution in [2.45, 2.75) is 18.1 Å². The van der Waals surface area contributed by atoms with Gasteiger partial charge in [-0.15, -0.1) is 10.2 Å². The summed E-state index contributed by atoms with van der Waals surface area (Å²) in [6.07, 6.45) is 0.814. The molecule has 0 bridgehead atoms. The number of rotatable bonds is 9. The lowest BCUT2D eigenvalue weighted by atomic mass is 10.1. The minimum absolute atomic E-state index is 0.296. The normalized spacial score (nSPS) is 10.8. The molecule has 30 heavy (non-hydrogen) atoms. The van der Waals surface area contributed by atoms with Crippen LogP contribution >= 0.6 is 11.8 Å². The van der Waals surface area contributed by atoms with E-state index in [0.717, 1.165) is 23.1 Å². The van der Waals surface area contributed by atoms with E-state index in [-0.39, 0.29) is 5.82 Å². The van der Waals surface area contributed by atoms with Crippen LogP contribution in [0.5, 0.6) is 5.75 Å². The molecule has 0 fully saturated rings. The Hall–Kier alpha value is -3.12. The number of nitrogens with zero attached hydrogens (tertiary/aromatic N) is 3. The van der Waals surface area contributed by atoms with Crippen molar-refractivity contribution < 1.29 is 9.13 Å². The van der Waals surface area contributed by atoms with Gasteiger partial charge in [-0.2, -0.15) is 0 Å². The highest BCUT2D eigenvalue weighted by Crippen LogP contribution is 2.26. The summed E-state index contributed by atoms with van der Waals surface area (Å²) in [5.74, 6) is 1.82. The van der Waals surface area contributed by atoms with Crippen molar-refractivity contribution in [3.63, 3.8) is 0 Å². The zero-order chi connectivity index (χ0) is 20.6. The van der Waals surface area contributed by atoms with Crippen molar-refractivity contribution in [3.8, 4) is 17.1 Å². The maximum Gasteiger partial charge on any atom is 0.191 e. The number of benzene rings is 3. The molecule has 0 amide bonds. The van der Waals surface area contributed by atoms with E-state index >= 15 is 0 Å². The van der Waals surface area contributed by atoms with Crippen molar-refractivity contribution in [1.82, 2.24) is 14.8 Å². The van der Waals surface area contributed by atoms with Crippen LogP contribution in [0.2, 0.25) is 0 Å². The molecule has 4 nitrogen and oxygen atoms in total. The second kappa shape index (κ2) is 10.1. The highest BCUT2D eigenvalue weighted by atomic mass is 32.2. The Kier molecular flexibility index (Phi) is 6.77. The third kappa shape index (κ3) is 5.07. The molecule has 0 aliphatic rings. The SMILES string of the molecule is Fc1ccccc1-c1nnc(SCCOc2ccccc2)n1CCc1ccccc1. The Labute approximate surface area is 179 Å². The van der Waals surface area contributed by atoms with Crippen LogP contribution in [0.25, 0.3) is 11.4 Å². The molecule has 0 radical (unpaired) electrons. The monoisotopic (exact) mass is 419 g/mol. The predicted molar refractivity (Wildman–Crippen MR) is 118 cm³/mol. The molecule has 1 aromatic heterocycles. The summed E-state index contributed by atoms with van der Waals surface area (Å²) in [6, 6.07) is 26.6. The second-order valence-electron chi connectivity index (χ2n) is 6.68. The van der Waals surface area contributed by atoms with Gasteiger partial charge in [-0.05, 0) is 36.2 Å². The van der Waals surface area contributed by atoms with Crippen molar-refractivity contribution in [2.75, 3.05) is 12.4 Å². The van der Waals surface area contributed by atoms with Crippen LogP contribution in [0.4, 0.5) is 4.39 Å². The summed E-state index contributed by atoms with van der Waals surface area (Å²) in [4.78, 5) is 0. The van der Waals surface area contributed by atoms with E-state index in [1.54, 1.807) is 23.9 Å². The fourth-order valence-corrected chi connectivity index (χ4v) is 3.92. The molecule has 6 heteroatoms. The van der Waals surface area contributed by atoms with E-state index in [9.17, 15) is 4.39 Å². The van der Waals surface area contributed by atoms with Gasteiger partial charge in [0.05, 0.1) is 12.2 Å². The van der Waals surface area contributed by atoms with E-state index < -0.39 is 0 Å². The summed E-state index contributed by atoms with van der Waals surface area (Å²) in [7, 11) is 0. The lowest BCUT2D eigenvalue weighted by Crippen LogP contribution is -2.07. The molecule has 4 rings (SSSR count). The van der Waals surface area contributed by atoms with Gasteiger partial charge < -0.3 is 9.30 Å². The number of para-hydroxylation sites is 1. The summed E-state index contributed by atoms with van der Waals surface area (Å²) in [6.45, 7) is 1.22. The van der Waals surface area contributed by atoms with Gasteiger partial charge in [0, 0.05) is 12.3 Å². The number of halogens is 1. The number of hydrogen-bond acceptors (Lipinski definition) is 4. The quantitative estimate of drug-likeness (QED) is 0.265. The van der Waals surface area contributed by atoms with Crippen molar-refractivity contribution in [2.24, 2.45) is 0 Å². The van der Waals surface area contributed by atoms with Crippen molar-refractivity contribution in [1.29, 1.82) is 0 Å². The average Bonchev–Trinajstić information content (AvgIpc) is 3.19. The van der Waals surface area contributed by atoms with E-state index in [0.29, 0.717) is 24.5 Å². The molecule has 0 saturated carbocycles. The maximum absolute atomic E-state index is 14.4. The molecule has 3 aromatic carbocycles. The van der Waals surface area contributed by atoms with Gasteiger partial charge in [-0.25, -0.2) is 4.39 Å². The topological polar surface area (TPSA) is 39.9 Å². The fourth-order valence-electron chi connectivity index (χ4n) is 3.13. The van der Waals surface area contributed by atoms with E-state index in [1.165, 1.54) is 11.6 Å². The van der Waals surface area contributed by atoms with E-state index in [2.05, 4.69) is 22.3 Å². The standard InChI is InChI=1S/C24H22FN3OS/c25-22-14-8-7-13-21(22)23-26-27-24(28(23)16-15-19-9-3-1-4-10-19)30-18-17-29-20-11-5-2-6-12-20/h1-14H,15-18H2. The van der Waals surface area contributed by atoms with Gasteiger partial charge in [-0.1, -0.05) is 72.4 Å². The lowest BCUT2D eigenvalue weighted by molar-refractivity contribution is 0.344. The Morgan fingerprint density at radius 3 is 2.30 bits per heavy atom. The number of aromatic nitrogens is 3. The fraction of sp³-hybridized carbons (Fsp3) is 0.167. The molecule has 4 aromatic rings. The molecule has 0 saturated heterocycles. The van der Waals surface area contributed by atoms with Gasteiger partial charge in [0.1, 0.15) is 11.6 Å². The van der Waals surface area contributed by atoms with E-state index in [4.69, 9.17) is 4.74 Å². The Morgan fingerprint density at radius 2 is 1.53 bits per heavy atom. The number of ether oxygens (including phenoxy) is 1. The number of aryl methyl sites for hydroxylation is 1. The first kappa shape index (κ1) is 20.2. The van der Waals surface area contributed by atoms with Crippen LogP contribution < -0.4 is 4.74 Å². The molecule has 0 N–H and O–H groups in total. The lowest BCUT2D eigenvalue weighted by Gasteiger charge is -2.11. The molecule has 0 aliphatic heterocycles. The minimum atomic E-state index is -0.296. The van der Waals surface area contributed by atoms with Crippen molar-refractivity contribution >= 4 is 11.8 Å². The maximum atomic E-state index is 14.4. The number of thioether (sulfide) groups is 1. The van der Waals surface area contributed by atoms with Gasteiger partial charge in [-0.3, -0.25) is 0 Å². The zero-order valence-corrected chi connectivity index (χ0v) is 17.3. The largest absolute Gasteiger partial charge is 0.493 e. The second-order valence-corrected chi connectivity index (χ2v) is 7.75. The van der Waals surface area contributed by atoms with Crippen LogP contribution in [-0.4, -0.2) is 27.1 Å².